The second kappa shape index (κ2) is 7.45. The summed E-state index contributed by atoms with van der Waals surface area (Å²) in [5, 5.41) is 1.66. The van der Waals surface area contributed by atoms with Crippen molar-refractivity contribution in [3.05, 3.63) is 59.9 Å². The Hall–Kier alpha value is -2.05. The van der Waals surface area contributed by atoms with Gasteiger partial charge >= 0.3 is 0 Å². The van der Waals surface area contributed by atoms with Gasteiger partial charge in [0, 0.05) is 11.3 Å². The minimum Gasteiger partial charge on any atom is -0.324 e. The summed E-state index contributed by atoms with van der Waals surface area (Å²) in [6.07, 6.45) is 0. The lowest BCUT2D eigenvalue weighted by Gasteiger charge is -2.26. The molecule has 7 heteroatoms. The first-order valence-corrected chi connectivity index (χ1v) is 9.19. The van der Waals surface area contributed by atoms with Crippen molar-refractivity contribution >= 4 is 46.6 Å². The van der Waals surface area contributed by atoms with E-state index in [1.165, 1.54) is 22.7 Å². The third kappa shape index (κ3) is 3.65. The Kier molecular flexibility index (Phi) is 5.30. The van der Waals surface area contributed by atoms with E-state index in [-0.39, 0.29) is 23.3 Å². The Bertz CT molecular complexity index is 815. The van der Waals surface area contributed by atoms with Gasteiger partial charge in [-0.2, -0.15) is 0 Å². The minimum absolute atomic E-state index is 0.174. The third-order valence-electron chi connectivity index (χ3n) is 3.83. The number of carbonyl (C=O) groups is 2. The lowest BCUT2D eigenvalue weighted by molar-refractivity contribution is -0.116. The molecule has 2 aromatic rings. The Morgan fingerprint density at radius 3 is 2.68 bits per heavy atom. The summed E-state index contributed by atoms with van der Waals surface area (Å²) in [5.74, 6) is -0.722. The van der Waals surface area contributed by atoms with Gasteiger partial charge in [0.2, 0.25) is 11.8 Å². The van der Waals surface area contributed by atoms with Crippen LogP contribution >= 0.6 is 23.4 Å². The Morgan fingerprint density at radius 2 is 1.96 bits per heavy atom. The number of thioether (sulfide) groups is 1. The van der Waals surface area contributed by atoms with Crippen molar-refractivity contribution in [3.63, 3.8) is 0 Å². The van der Waals surface area contributed by atoms with Gasteiger partial charge in [0.15, 0.2) is 0 Å². The van der Waals surface area contributed by atoms with Crippen LogP contribution in [0.3, 0.4) is 0 Å². The summed E-state index contributed by atoms with van der Waals surface area (Å²) in [4.78, 5) is 25.8. The number of benzene rings is 2. The fraction of sp³-hybridized carbons (Fsp3) is 0.222. The van der Waals surface area contributed by atoms with Crippen molar-refractivity contribution in [1.82, 2.24) is 0 Å². The Balaban J connectivity index is 1.99. The van der Waals surface area contributed by atoms with E-state index in [0.29, 0.717) is 5.69 Å². The number of carbonyl (C=O) groups excluding carboxylic acids is 2. The van der Waals surface area contributed by atoms with Crippen LogP contribution in [0.5, 0.6) is 0 Å². The number of anilines is 2. The van der Waals surface area contributed by atoms with Crippen molar-refractivity contribution in [2.24, 2.45) is 0 Å². The predicted octanol–water partition coefficient (Wildman–Crippen LogP) is 4.17. The first kappa shape index (κ1) is 17.8. The second-order valence-electron chi connectivity index (χ2n) is 5.57. The van der Waals surface area contributed by atoms with Gasteiger partial charge in [-0.3, -0.25) is 14.5 Å². The van der Waals surface area contributed by atoms with Gasteiger partial charge in [0.1, 0.15) is 16.6 Å². The predicted molar refractivity (Wildman–Crippen MR) is 99.5 cm³/mol. The zero-order valence-corrected chi connectivity index (χ0v) is 15.0. The van der Waals surface area contributed by atoms with Gasteiger partial charge in [0.25, 0.3) is 0 Å². The maximum Gasteiger partial charge on any atom is 0.242 e. The number of nitrogens with one attached hydrogen (secondary N) is 1. The monoisotopic (exact) mass is 378 g/mol. The number of alkyl halides is 1. The van der Waals surface area contributed by atoms with Crippen LogP contribution in [0.4, 0.5) is 15.8 Å². The first-order valence-electron chi connectivity index (χ1n) is 7.71. The molecule has 0 bridgehead atoms. The van der Waals surface area contributed by atoms with Crippen molar-refractivity contribution < 1.29 is 14.0 Å². The molecule has 0 unspecified atom stereocenters. The normalized spacial score (nSPS) is 18.3. The summed E-state index contributed by atoms with van der Waals surface area (Å²) < 4.78 is 14.2. The molecule has 4 nitrogen and oxygen atoms in total. The Labute approximate surface area is 154 Å². The van der Waals surface area contributed by atoms with Crippen LogP contribution in [0.25, 0.3) is 0 Å². The quantitative estimate of drug-likeness (QED) is 0.812. The highest BCUT2D eigenvalue weighted by Gasteiger charge is 2.36. The number of hydrogen-bond donors (Lipinski definition) is 1. The molecule has 0 spiro atoms. The Morgan fingerprint density at radius 1 is 1.28 bits per heavy atom. The molecule has 130 valence electrons. The van der Waals surface area contributed by atoms with E-state index < -0.39 is 16.6 Å². The van der Waals surface area contributed by atoms with E-state index in [1.54, 1.807) is 37.3 Å². The number of halogens is 2. The van der Waals surface area contributed by atoms with Crippen molar-refractivity contribution in [2.45, 2.75) is 17.7 Å². The summed E-state index contributed by atoms with van der Waals surface area (Å²) >= 11 is 7.22. The summed E-state index contributed by atoms with van der Waals surface area (Å²) in [5.41, 5.74) is 1.52. The molecule has 2 amide bonds. The average Bonchev–Trinajstić information content (AvgIpc) is 2.97. The molecule has 1 saturated heterocycles. The standard InChI is InChI=1S/C18H16ClFN2O2S/c1-11(19)17(24)21-14-8-4-2-6-12(14)18-22(16(23)10-25-18)15-9-5-3-7-13(15)20/h2-9,11,18H,10H2,1H3,(H,21,24)/t11-,18-/m1/s1. The summed E-state index contributed by atoms with van der Waals surface area (Å²) in [6.45, 7) is 1.58. The third-order valence-corrected chi connectivity index (χ3v) is 5.22. The highest BCUT2D eigenvalue weighted by molar-refractivity contribution is 8.00. The van der Waals surface area contributed by atoms with E-state index in [1.807, 2.05) is 12.1 Å². The maximum absolute atomic E-state index is 14.2. The molecular weight excluding hydrogens is 363 g/mol. The van der Waals surface area contributed by atoms with E-state index in [2.05, 4.69) is 5.32 Å². The van der Waals surface area contributed by atoms with Crippen molar-refractivity contribution in [2.75, 3.05) is 16.0 Å². The van der Waals surface area contributed by atoms with Crippen molar-refractivity contribution in [1.29, 1.82) is 0 Å². The molecule has 25 heavy (non-hydrogen) atoms. The molecule has 1 fully saturated rings. The summed E-state index contributed by atoms with van der Waals surface area (Å²) in [6, 6.07) is 13.3. The fourth-order valence-electron chi connectivity index (χ4n) is 2.62. The highest BCUT2D eigenvalue weighted by atomic mass is 35.5. The number of nitrogens with zero attached hydrogens (tertiary/aromatic N) is 1. The average molecular weight is 379 g/mol. The van der Waals surface area contributed by atoms with Crippen LogP contribution in [0, 0.1) is 5.82 Å². The van der Waals surface area contributed by atoms with E-state index >= 15 is 0 Å². The smallest absolute Gasteiger partial charge is 0.242 e. The van der Waals surface area contributed by atoms with Gasteiger partial charge < -0.3 is 5.32 Å². The van der Waals surface area contributed by atoms with Gasteiger partial charge in [-0.15, -0.1) is 23.4 Å². The maximum atomic E-state index is 14.2. The molecule has 1 N–H and O–H groups in total. The van der Waals surface area contributed by atoms with Gasteiger partial charge in [0.05, 0.1) is 11.4 Å². The zero-order chi connectivity index (χ0) is 18.0. The van der Waals surface area contributed by atoms with Gasteiger partial charge in [-0.05, 0) is 25.1 Å². The van der Waals surface area contributed by atoms with Crippen LogP contribution in [0.2, 0.25) is 0 Å². The van der Waals surface area contributed by atoms with Crippen LogP contribution in [0.15, 0.2) is 48.5 Å². The molecule has 0 saturated carbocycles. The molecule has 1 heterocycles. The largest absolute Gasteiger partial charge is 0.324 e. The highest BCUT2D eigenvalue weighted by Crippen LogP contribution is 2.44. The van der Waals surface area contributed by atoms with E-state index in [0.717, 1.165) is 5.56 Å². The zero-order valence-electron chi connectivity index (χ0n) is 13.4. The summed E-state index contributed by atoms with van der Waals surface area (Å²) in [7, 11) is 0. The topological polar surface area (TPSA) is 49.4 Å². The second-order valence-corrected chi connectivity index (χ2v) is 7.29. The van der Waals surface area contributed by atoms with Crippen LogP contribution < -0.4 is 10.2 Å². The lowest BCUT2D eigenvalue weighted by Crippen LogP contribution is -2.29. The number of rotatable bonds is 4. The molecule has 0 aliphatic carbocycles. The van der Waals surface area contributed by atoms with Crippen molar-refractivity contribution in [3.8, 4) is 0 Å². The molecule has 0 aromatic heterocycles. The van der Waals surface area contributed by atoms with Crippen LogP contribution in [-0.2, 0) is 9.59 Å². The minimum atomic E-state index is -0.686. The molecule has 0 radical (unpaired) electrons. The van der Waals surface area contributed by atoms with Gasteiger partial charge in [-0.1, -0.05) is 30.3 Å². The van der Waals surface area contributed by atoms with E-state index in [4.69, 9.17) is 11.6 Å². The SMILES string of the molecule is C[C@@H](Cl)C(=O)Nc1ccccc1[C@H]1SCC(=O)N1c1ccccc1F. The molecular formula is C18H16ClFN2O2S. The van der Waals surface area contributed by atoms with Crippen LogP contribution in [-0.4, -0.2) is 22.9 Å². The van der Waals surface area contributed by atoms with E-state index in [9.17, 15) is 14.0 Å². The molecule has 3 rings (SSSR count). The molecule has 1 aliphatic heterocycles. The number of amides is 2. The first-order chi connectivity index (χ1) is 12.0. The number of hydrogen-bond acceptors (Lipinski definition) is 3. The fourth-order valence-corrected chi connectivity index (χ4v) is 3.88. The van der Waals surface area contributed by atoms with Crippen LogP contribution in [0.1, 0.15) is 17.9 Å². The molecule has 2 atom stereocenters. The lowest BCUT2D eigenvalue weighted by atomic mass is 10.1. The molecule has 1 aliphatic rings. The number of para-hydroxylation sites is 2. The molecule has 2 aromatic carbocycles. The van der Waals surface area contributed by atoms with Gasteiger partial charge in [-0.25, -0.2) is 4.39 Å².